The predicted octanol–water partition coefficient (Wildman–Crippen LogP) is 4.86. The number of ether oxygens (including phenoxy) is 4. The Morgan fingerprint density at radius 1 is 1.12 bits per heavy atom. The van der Waals surface area contributed by atoms with Gasteiger partial charge in [0.05, 0.1) is 18.8 Å². The Labute approximate surface area is 201 Å². The summed E-state index contributed by atoms with van der Waals surface area (Å²) in [7, 11) is 0. The highest BCUT2D eigenvalue weighted by atomic mass is 32.2. The van der Waals surface area contributed by atoms with Crippen molar-refractivity contribution in [2.45, 2.75) is 56.5 Å². The van der Waals surface area contributed by atoms with Crippen LogP contribution in [0.2, 0.25) is 0 Å². The zero-order valence-corrected chi connectivity index (χ0v) is 20.1. The first-order chi connectivity index (χ1) is 16.1. The summed E-state index contributed by atoms with van der Waals surface area (Å²) < 4.78 is 54.0. The van der Waals surface area contributed by atoms with Crippen molar-refractivity contribution < 1.29 is 37.3 Å². The van der Waals surface area contributed by atoms with Gasteiger partial charge in [-0.2, -0.15) is 0 Å². The SMILES string of the molecule is CC(=O)S[C@H](COC(=O)c1ccccc1)C(F)(F)[C@H](OCc1ccccc1)[C@H]1COC(C)(C)O1. The molecule has 0 bridgehead atoms. The van der Waals surface area contributed by atoms with E-state index in [1.165, 1.54) is 19.1 Å². The highest BCUT2D eigenvalue weighted by molar-refractivity contribution is 8.14. The van der Waals surface area contributed by atoms with Gasteiger partial charge in [-0.25, -0.2) is 13.6 Å². The fourth-order valence-electron chi connectivity index (χ4n) is 3.51. The van der Waals surface area contributed by atoms with E-state index >= 15 is 8.78 Å². The molecule has 2 aromatic carbocycles. The molecular weight excluding hydrogens is 466 g/mol. The molecule has 2 aromatic rings. The molecule has 184 valence electrons. The number of alkyl halides is 2. The molecule has 0 aromatic heterocycles. The van der Waals surface area contributed by atoms with Crippen LogP contribution in [-0.2, 0) is 30.3 Å². The lowest BCUT2D eigenvalue weighted by Crippen LogP contribution is -2.53. The molecule has 9 heteroatoms. The predicted molar refractivity (Wildman–Crippen MR) is 124 cm³/mol. The quantitative estimate of drug-likeness (QED) is 0.437. The maximum Gasteiger partial charge on any atom is 0.338 e. The summed E-state index contributed by atoms with van der Waals surface area (Å²) in [5.74, 6) is -5.41. The number of hydrogen-bond acceptors (Lipinski definition) is 7. The third-order valence-corrected chi connectivity index (χ3v) is 6.20. The van der Waals surface area contributed by atoms with Crippen LogP contribution in [0.3, 0.4) is 0 Å². The summed E-state index contributed by atoms with van der Waals surface area (Å²) in [6.45, 7) is 3.55. The fourth-order valence-corrected chi connectivity index (χ4v) is 4.34. The van der Waals surface area contributed by atoms with Gasteiger partial charge in [0.1, 0.15) is 18.0 Å². The second-order valence-electron chi connectivity index (χ2n) is 8.32. The lowest BCUT2D eigenvalue weighted by Gasteiger charge is -2.35. The van der Waals surface area contributed by atoms with E-state index in [0.29, 0.717) is 17.3 Å². The molecule has 1 aliphatic rings. The number of hydrogen-bond donors (Lipinski definition) is 0. The maximum atomic E-state index is 15.9. The minimum atomic E-state index is -3.60. The van der Waals surface area contributed by atoms with Crippen LogP contribution < -0.4 is 0 Å². The van der Waals surface area contributed by atoms with E-state index in [1.807, 2.05) is 6.07 Å². The number of rotatable bonds is 10. The zero-order valence-electron chi connectivity index (χ0n) is 19.2. The second-order valence-corrected chi connectivity index (χ2v) is 9.70. The minimum absolute atomic E-state index is 0.0946. The standard InChI is InChI=1S/C25H28F2O6S/c1-17(28)34-21(16-31-23(29)19-12-8-5-9-13-19)25(26,27)22(20-15-32-24(2,3)33-20)30-14-18-10-6-4-7-11-18/h4-13,20-22H,14-16H2,1-3H3/t20-,21-,22-/m1/s1. The fraction of sp³-hybridized carbons (Fsp3) is 0.440. The van der Waals surface area contributed by atoms with Crippen molar-refractivity contribution in [3.05, 3.63) is 71.8 Å². The summed E-state index contributed by atoms with van der Waals surface area (Å²) in [5, 5.41) is -2.23. The Morgan fingerprint density at radius 3 is 2.29 bits per heavy atom. The third kappa shape index (κ3) is 7.09. The van der Waals surface area contributed by atoms with E-state index in [2.05, 4.69) is 0 Å². The van der Waals surface area contributed by atoms with Crippen LogP contribution in [0, 0.1) is 0 Å². The van der Waals surface area contributed by atoms with Gasteiger partial charge in [-0.15, -0.1) is 0 Å². The highest BCUT2D eigenvalue weighted by Crippen LogP contribution is 2.40. The molecule has 3 atom stereocenters. The summed E-state index contributed by atoms with van der Waals surface area (Å²) in [6.07, 6.45) is -2.84. The van der Waals surface area contributed by atoms with Crippen molar-refractivity contribution in [1.82, 2.24) is 0 Å². The first-order valence-corrected chi connectivity index (χ1v) is 11.7. The molecule has 0 unspecified atom stereocenters. The van der Waals surface area contributed by atoms with E-state index in [0.717, 1.165) is 0 Å². The van der Waals surface area contributed by atoms with Crippen molar-refractivity contribution in [2.24, 2.45) is 0 Å². The van der Waals surface area contributed by atoms with Crippen LogP contribution in [0.15, 0.2) is 60.7 Å². The first-order valence-electron chi connectivity index (χ1n) is 10.8. The molecule has 6 nitrogen and oxygen atoms in total. The maximum absolute atomic E-state index is 15.9. The Kier molecular flexibility index (Phi) is 8.81. The normalized spacial score (nSPS) is 19.4. The second kappa shape index (κ2) is 11.4. The van der Waals surface area contributed by atoms with Crippen molar-refractivity contribution in [3.8, 4) is 0 Å². The average molecular weight is 495 g/mol. The number of carbonyl (C=O) groups excluding carboxylic acids is 2. The molecule has 3 rings (SSSR count). The van der Waals surface area contributed by atoms with Gasteiger partial charge in [-0.3, -0.25) is 4.79 Å². The van der Waals surface area contributed by atoms with Gasteiger partial charge in [0, 0.05) is 6.92 Å². The van der Waals surface area contributed by atoms with Gasteiger partial charge < -0.3 is 18.9 Å². The number of carbonyl (C=O) groups is 2. The van der Waals surface area contributed by atoms with Gasteiger partial charge in [0.25, 0.3) is 5.92 Å². The molecule has 34 heavy (non-hydrogen) atoms. The van der Waals surface area contributed by atoms with Gasteiger partial charge in [-0.1, -0.05) is 60.3 Å². The van der Waals surface area contributed by atoms with E-state index < -0.39 is 46.9 Å². The van der Waals surface area contributed by atoms with Gasteiger partial charge in [0.15, 0.2) is 17.0 Å². The van der Waals surface area contributed by atoms with Gasteiger partial charge >= 0.3 is 5.97 Å². The monoisotopic (exact) mass is 494 g/mol. The smallest absolute Gasteiger partial charge is 0.338 e. The lowest BCUT2D eigenvalue weighted by molar-refractivity contribution is -0.209. The molecule has 0 amide bonds. The summed E-state index contributed by atoms with van der Waals surface area (Å²) in [5.41, 5.74) is 0.927. The molecule has 1 saturated heterocycles. The Hall–Kier alpha value is -2.33. The lowest BCUT2D eigenvalue weighted by atomic mass is 10.0. The van der Waals surface area contributed by atoms with Crippen molar-refractivity contribution >= 4 is 22.8 Å². The molecule has 0 radical (unpaired) electrons. The molecule has 1 aliphatic heterocycles. The molecule has 0 spiro atoms. The van der Waals surface area contributed by atoms with Crippen molar-refractivity contribution in [2.75, 3.05) is 13.2 Å². The Balaban J connectivity index is 1.81. The number of thioether (sulfide) groups is 1. The van der Waals surface area contributed by atoms with Crippen LogP contribution in [0.1, 0.15) is 36.7 Å². The highest BCUT2D eigenvalue weighted by Gasteiger charge is 2.55. The van der Waals surface area contributed by atoms with Gasteiger partial charge in [-0.05, 0) is 31.5 Å². The van der Waals surface area contributed by atoms with Crippen LogP contribution >= 0.6 is 11.8 Å². The van der Waals surface area contributed by atoms with Crippen LogP contribution in [-0.4, -0.2) is 53.5 Å². The van der Waals surface area contributed by atoms with Crippen LogP contribution in [0.25, 0.3) is 0 Å². The number of esters is 1. The third-order valence-electron chi connectivity index (χ3n) is 5.13. The van der Waals surface area contributed by atoms with E-state index in [1.54, 1.807) is 56.3 Å². The largest absolute Gasteiger partial charge is 0.461 e. The van der Waals surface area contributed by atoms with Crippen LogP contribution in [0.5, 0.6) is 0 Å². The zero-order chi connectivity index (χ0) is 24.8. The summed E-state index contributed by atoms with van der Waals surface area (Å²) in [4.78, 5) is 24.2. The molecule has 1 heterocycles. The average Bonchev–Trinajstić information content (AvgIpc) is 3.16. The Morgan fingerprint density at radius 2 is 1.74 bits per heavy atom. The first kappa shape index (κ1) is 26.3. The Bertz CT molecular complexity index is 954. The van der Waals surface area contributed by atoms with E-state index in [-0.39, 0.29) is 18.8 Å². The van der Waals surface area contributed by atoms with Crippen LogP contribution in [0.4, 0.5) is 8.78 Å². The summed E-state index contributed by atoms with van der Waals surface area (Å²) in [6, 6.07) is 16.9. The minimum Gasteiger partial charge on any atom is -0.461 e. The molecule has 0 N–H and O–H groups in total. The number of benzene rings is 2. The molecule has 0 saturated carbocycles. The van der Waals surface area contributed by atoms with Crippen molar-refractivity contribution in [1.29, 1.82) is 0 Å². The van der Waals surface area contributed by atoms with E-state index in [9.17, 15) is 9.59 Å². The number of halogens is 2. The van der Waals surface area contributed by atoms with Gasteiger partial charge in [0.2, 0.25) is 0 Å². The molecular formula is C25H28F2O6S. The topological polar surface area (TPSA) is 71.1 Å². The van der Waals surface area contributed by atoms with Crippen molar-refractivity contribution in [3.63, 3.8) is 0 Å². The summed E-state index contributed by atoms with van der Waals surface area (Å²) >= 11 is 0.410. The molecule has 1 fully saturated rings. The molecule has 0 aliphatic carbocycles. The van der Waals surface area contributed by atoms with E-state index in [4.69, 9.17) is 18.9 Å².